The summed E-state index contributed by atoms with van der Waals surface area (Å²) in [4.78, 5) is 19.3. The number of rotatable bonds is 3. The highest BCUT2D eigenvalue weighted by atomic mass is 19.1. The average molecular weight is 449 g/mol. The van der Waals surface area contributed by atoms with E-state index < -0.39 is 60.7 Å². The third-order valence-corrected chi connectivity index (χ3v) is 5.43. The minimum absolute atomic E-state index is 0.0135. The molecule has 4 heterocycles. The molecule has 2 amide bonds. The highest BCUT2D eigenvalue weighted by Crippen LogP contribution is 2.37. The number of likely N-dealkylation sites (tertiary alicyclic amines) is 1. The molecule has 2 aliphatic heterocycles. The first-order chi connectivity index (χ1) is 17.6. The highest BCUT2D eigenvalue weighted by Gasteiger charge is 2.33. The van der Waals surface area contributed by atoms with Crippen molar-refractivity contribution in [1.29, 1.82) is 0 Å². The molecule has 0 radical (unpaired) electrons. The third-order valence-electron chi connectivity index (χ3n) is 5.43. The van der Waals surface area contributed by atoms with Crippen LogP contribution < -0.4 is 10.2 Å². The molecule has 0 spiro atoms. The number of aliphatic hydroxyl groups is 1. The van der Waals surface area contributed by atoms with E-state index in [9.17, 15) is 18.7 Å². The van der Waals surface area contributed by atoms with Gasteiger partial charge in [-0.25, -0.2) is 23.1 Å². The number of halogens is 2. The molecule has 2 N–H and O–H groups in total. The van der Waals surface area contributed by atoms with Crippen LogP contribution in [0, 0.1) is 11.6 Å². The van der Waals surface area contributed by atoms with Gasteiger partial charge in [-0.3, -0.25) is 0 Å². The number of nitrogens with one attached hydrogen (secondary N) is 1. The van der Waals surface area contributed by atoms with Crippen molar-refractivity contribution in [2.24, 2.45) is 0 Å². The van der Waals surface area contributed by atoms with Gasteiger partial charge < -0.3 is 20.2 Å². The van der Waals surface area contributed by atoms with Gasteiger partial charge in [0.25, 0.3) is 0 Å². The Kier molecular flexibility index (Phi) is 3.69. The number of hydrogen-bond donors (Lipinski definition) is 2. The molecule has 32 heavy (non-hydrogen) atoms. The summed E-state index contributed by atoms with van der Waals surface area (Å²) in [6.07, 6.45) is -1.66. The Morgan fingerprint density at radius 1 is 1.38 bits per heavy atom. The summed E-state index contributed by atoms with van der Waals surface area (Å²) in [6, 6.07) is -1.41. The van der Waals surface area contributed by atoms with Crippen molar-refractivity contribution in [3.63, 3.8) is 0 Å². The van der Waals surface area contributed by atoms with Crippen LogP contribution in [0.5, 0.6) is 0 Å². The number of urea groups is 1. The van der Waals surface area contributed by atoms with E-state index in [1.807, 2.05) is 0 Å². The third kappa shape index (κ3) is 3.54. The van der Waals surface area contributed by atoms with E-state index >= 15 is 0 Å². The van der Waals surface area contributed by atoms with Crippen LogP contribution in [0.4, 0.5) is 25.1 Å². The number of amides is 2. The maximum absolute atomic E-state index is 14.8. The molecular formula is C22H24F2N6O2. The minimum Gasteiger partial charge on any atom is -0.391 e. The van der Waals surface area contributed by atoms with E-state index in [4.69, 9.17) is 8.22 Å². The van der Waals surface area contributed by atoms with Gasteiger partial charge in [0.05, 0.1) is 27.1 Å². The van der Waals surface area contributed by atoms with Crippen molar-refractivity contribution in [2.45, 2.75) is 44.3 Å². The maximum Gasteiger partial charge on any atom is 0.322 e. The first-order valence-electron chi connectivity index (χ1n) is 13.0. The maximum atomic E-state index is 14.8. The molecule has 2 saturated heterocycles. The second-order valence-corrected chi connectivity index (χ2v) is 7.45. The standard InChI is InChI=1S/C22H24F2N6O2/c1-13-19(31)6-9-28(13)22(32)26-17-12-25-30-10-7-20(27-21(17)30)29-8-2-3-18(29)15-11-14(23)4-5-16(15)24/h4-5,7,10-13,18-19,31H,2-3,6,8-9H2,1H3,(H,26,32)/t13?,18-,19+/m1/s1/i3D2,9D2,13D,18D. The predicted molar refractivity (Wildman–Crippen MR) is 114 cm³/mol. The number of carbonyl (C=O) groups excluding carboxylic acids is 1. The average Bonchev–Trinajstić information content (AvgIpc) is 3.37. The van der Waals surface area contributed by atoms with Gasteiger partial charge in [-0.15, -0.1) is 0 Å². The fourth-order valence-corrected chi connectivity index (χ4v) is 3.74. The second-order valence-electron chi connectivity index (χ2n) is 7.45. The number of aliphatic hydroxyl groups excluding tert-OH is 1. The summed E-state index contributed by atoms with van der Waals surface area (Å²) in [6.45, 7) is -1.13. The zero-order chi connectivity index (χ0) is 27.8. The van der Waals surface area contributed by atoms with E-state index in [1.54, 1.807) is 0 Å². The van der Waals surface area contributed by atoms with Gasteiger partial charge in [0, 0.05) is 30.3 Å². The summed E-state index contributed by atoms with van der Waals surface area (Å²) in [7, 11) is 0. The first kappa shape index (κ1) is 14.7. The molecule has 10 heteroatoms. The SMILES string of the molecule is [2H]C1([2H])C[C@H](O)C([2H])(C)N1C(=O)Nc1cnn2ccc(N3CCC([2H])([2H])[C@]3([2H])c3cc(F)ccc3F)nc12. The lowest BCUT2D eigenvalue weighted by Crippen LogP contribution is -2.40. The Morgan fingerprint density at radius 2 is 2.22 bits per heavy atom. The minimum atomic E-state index is -2.37. The van der Waals surface area contributed by atoms with Crippen LogP contribution in [0.1, 0.15) is 45.9 Å². The van der Waals surface area contributed by atoms with Crippen LogP contribution in [0.15, 0.2) is 36.7 Å². The van der Waals surface area contributed by atoms with E-state index in [1.165, 1.54) is 34.8 Å². The molecule has 0 aliphatic carbocycles. The molecule has 3 aromatic rings. The van der Waals surface area contributed by atoms with Crippen molar-refractivity contribution in [1.82, 2.24) is 19.5 Å². The number of carbonyl (C=O) groups is 1. The monoisotopic (exact) mass is 448 g/mol. The van der Waals surface area contributed by atoms with E-state index in [0.717, 1.165) is 18.2 Å². The van der Waals surface area contributed by atoms with E-state index in [2.05, 4.69) is 15.4 Å². The Hall–Kier alpha value is -3.27. The molecule has 3 atom stereocenters. The van der Waals surface area contributed by atoms with Crippen LogP contribution in [0.25, 0.3) is 5.65 Å². The van der Waals surface area contributed by atoms with Crippen molar-refractivity contribution in [2.75, 3.05) is 23.3 Å². The fourth-order valence-electron chi connectivity index (χ4n) is 3.74. The Labute approximate surface area is 191 Å². The lowest BCUT2D eigenvalue weighted by atomic mass is 10.0. The zero-order valence-electron chi connectivity index (χ0n) is 23.0. The summed E-state index contributed by atoms with van der Waals surface area (Å²) < 4.78 is 80.5. The second kappa shape index (κ2) is 8.01. The Morgan fingerprint density at radius 3 is 3.00 bits per heavy atom. The fraction of sp³-hybridized carbons (Fsp3) is 0.409. The quantitative estimate of drug-likeness (QED) is 0.642. The lowest BCUT2D eigenvalue weighted by Gasteiger charge is -2.26. The van der Waals surface area contributed by atoms with Crippen molar-refractivity contribution < 1.29 is 26.9 Å². The topological polar surface area (TPSA) is 86.0 Å². The van der Waals surface area contributed by atoms with Gasteiger partial charge in [-0.2, -0.15) is 5.10 Å². The normalized spacial score (nSPS) is 33.8. The molecule has 0 bridgehead atoms. The van der Waals surface area contributed by atoms with Gasteiger partial charge in [-0.1, -0.05) is 0 Å². The number of nitrogens with zero attached hydrogens (tertiary/aromatic N) is 5. The van der Waals surface area contributed by atoms with E-state index in [-0.39, 0.29) is 30.1 Å². The Bertz CT molecular complexity index is 1440. The number of benzene rings is 1. The van der Waals surface area contributed by atoms with Crippen LogP contribution in [-0.2, 0) is 0 Å². The molecule has 2 aliphatic rings. The molecule has 2 fully saturated rings. The summed E-state index contributed by atoms with van der Waals surface area (Å²) in [5, 5.41) is 16.7. The number of fused-ring (bicyclic) bond motifs is 1. The van der Waals surface area contributed by atoms with Gasteiger partial charge in [0.1, 0.15) is 23.1 Å². The van der Waals surface area contributed by atoms with Gasteiger partial charge >= 0.3 is 6.03 Å². The smallest absolute Gasteiger partial charge is 0.322 e. The van der Waals surface area contributed by atoms with Gasteiger partial charge in [-0.05, 0) is 50.4 Å². The number of aromatic nitrogens is 3. The van der Waals surface area contributed by atoms with Crippen molar-refractivity contribution in [3.8, 4) is 0 Å². The molecule has 8 nitrogen and oxygen atoms in total. The summed E-state index contributed by atoms with van der Waals surface area (Å²) in [5.41, 5.74) is -0.440. The Balaban J connectivity index is 1.53. The summed E-state index contributed by atoms with van der Waals surface area (Å²) in [5.74, 6) is -1.74. The summed E-state index contributed by atoms with van der Waals surface area (Å²) >= 11 is 0. The van der Waals surface area contributed by atoms with Crippen molar-refractivity contribution in [3.05, 3.63) is 53.9 Å². The van der Waals surface area contributed by atoms with Crippen LogP contribution in [0.3, 0.4) is 0 Å². The van der Waals surface area contributed by atoms with E-state index in [0.29, 0.717) is 4.90 Å². The number of hydrogen-bond acceptors (Lipinski definition) is 5. The number of anilines is 2. The molecule has 2 aromatic heterocycles. The first-order valence-corrected chi connectivity index (χ1v) is 9.96. The molecule has 0 saturated carbocycles. The molecular weight excluding hydrogens is 418 g/mol. The highest BCUT2D eigenvalue weighted by molar-refractivity contribution is 5.93. The molecule has 168 valence electrons. The molecule has 5 rings (SSSR count). The lowest BCUT2D eigenvalue weighted by molar-refractivity contribution is 0.135. The van der Waals surface area contributed by atoms with Crippen LogP contribution >= 0.6 is 0 Å². The predicted octanol–water partition coefficient (Wildman–Crippen LogP) is 3.34. The molecule has 1 unspecified atom stereocenters. The van der Waals surface area contributed by atoms with Gasteiger partial charge in [0.2, 0.25) is 0 Å². The van der Waals surface area contributed by atoms with Crippen LogP contribution in [0.2, 0.25) is 0 Å². The van der Waals surface area contributed by atoms with Gasteiger partial charge in [0.15, 0.2) is 5.65 Å². The zero-order valence-corrected chi connectivity index (χ0v) is 17.0. The van der Waals surface area contributed by atoms with Crippen molar-refractivity contribution >= 4 is 23.2 Å². The molecule has 1 aromatic carbocycles. The largest absolute Gasteiger partial charge is 0.391 e. The van der Waals surface area contributed by atoms with Crippen LogP contribution in [-0.4, -0.2) is 55.8 Å².